The Balaban J connectivity index is 2.94. The third-order valence-corrected chi connectivity index (χ3v) is 6.76. The minimum Gasteiger partial charge on any atom is -0.458 e. The van der Waals surface area contributed by atoms with Gasteiger partial charge in [0, 0.05) is 12.8 Å². The van der Waals surface area contributed by atoms with Gasteiger partial charge in [0.25, 0.3) is 0 Å². The van der Waals surface area contributed by atoms with Crippen LogP contribution in [0.15, 0.2) is 18.2 Å². The highest BCUT2D eigenvalue weighted by Gasteiger charge is 2.31. The third kappa shape index (κ3) is 12.5. The van der Waals surface area contributed by atoms with Crippen LogP contribution in [0.2, 0.25) is 0 Å². The molecule has 0 saturated heterocycles. The highest BCUT2D eigenvalue weighted by atomic mass is 16.6. The lowest BCUT2D eigenvalue weighted by atomic mass is 9.90. The fourth-order valence-electron chi connectivity index (χ4n) is 3.28. The molecular weight excluding hydrogens is 514 g/mol. The summed E-state index contributed by atoms with van der Waals surface area (Å²) in [6, 6.07) is 3.71. The van der Waals surface area contributed by atoms with Crippen LogP contribution in [-0.2, 0) is 35.1 Å². The van der Waals surface area contributed by atoms with E-state index < -0.39 is 41.6 Å². The van der Waals surface area contributed by atoms with Crippen molar-refractivity contribution in [3.05, 3.63) is 23.8 Å². The van der Waals surface area contributed by atoms with Crippen LogP contribution in [0.3, 0.4) is 0 Å². The summed E-state index contributed by atoms with van der Waals surface area (Å²) in [6.45, 7) is 16.8. The molecule has 1 rings (SSSR count). The van der Waals surface area contributed by atoms with E-state index >= 15 is 0 Å². The molecule has 0 aliphatic rings. The van der Waals surface area contributed by atoms with Crippen LogP contribution >= 0.6 is 0 Å². The Kier molecular flexibility index (Phi) is 14.3. The first kappa shape index (κ1) is 35.1. The first-order valence-corrected chi connectivity index (χ1v) is 14.3. The molecule has 0 bridgehead atoms. The van der Waals surface area contributed by atoms with E-state index in [1.165, 1.54) is 6.07 Å². The van der Waals surface area contributed by atoms with Crippen LogP contribution in [0.1, 0.15) is 100.0 Å². The monoisotopic (exact) mass is 563 g/mol. The number of nitrogens with two attached hydrogens (primary N) is 1. The van der Waals surface area contributed by atoms with E-state index in [0.717, 1.165) is 0 Å². The van der Waals surface area contributed by atoms with Crippen LogP contribution in [0, 0.1) is 17.3 Å². The first-order chi connectivity index (χ1) is 18.5. The maximum atomic E-state index is 12.7. The minimum absolute atomic E-state index is 0.0840. The van der Waals surface area contributed by atoms with E-state index in [2.05, 4.69) is 0 Å². The molecule has 226 valence electrons. The maximum absolute atomic E-state index is 12.7. The maximum Gasteiger partial charge on any atom is 0.323 e. The Hall–Kier alpha value is -2.94. The molecule has 40 heavy (non-hydrogen) atoms. The largest absolute Gasteiger partial charge is 0.458 e. The van der Waals surface area contributed by atoms with Crippen molar-refractivity contribution < 1.29 is 38.1 Å². The SMILES string of the molecule is CCC(C)(C)C(=O)OC(C)[C@H](C)OC(=O)[C@@H](N)Cc1ccc(OC(=O)CCC(C)C)c(OC(=O)CCC(C)C)c1. The van der Waals surface area contributed by atoms with Crippen molar-refractivity contribution >= 4 is 23.9 Å². The lowest BCUT2D eigenvalue weighted by Gasteiger charge is -2.27. The van der Waals surface area contributed by atoms with E-state index in [1.54, 1.807) is 39.8 Å². The quantitative estimate of drug-likeness (QED) is 0.203. The molecule has 0 amide bonds. The Morgan fingerprint density at radius 3 is 1.80 bits per heavy atom. The molecule has 2 N–H and O–H groups in total. The predicted molar refractivity (Wildman–Crippen MR) is 153 cm³/mol. The lowest BCUT2D eigenvalue weighted by molar-refractivity contribution is -0.172. The van der Waals surface area contributed by atoms with Gasteiger partial charge in [0.15, 0.2) is 11.5 Å². The van der Waals surface area contributed by atoms with Gasteiger partial charge in [0.2, 0.25) is 0 Å². The van der Waals surface area contributed by atoms with Crippen LogP contribution in [0.5, 0.6) is 11.5 Å². The normalized spacial score (nSPS) is 13.9. The van der Waals surface area contributed by atoms with Crippen LogP contribution in [0.4, 0.5) is 0 Å². The second kappa shape index (κ2) is 16.4. The molecule has 0 radical (unpaired) electrons. The van der Waals surface area contributed by atoms with Gasteiger partial charge in [-0.1, -0.05) is 40.7 Å². The van der Waals surface area contributed by atoms with Gasteiger partial charge in [-0.25, -0.2) is 0 Å². The van der Waals surface area contributed by atoms with Gasteiger partial charge in [0.1, 0.15) is 18.2 Å². The third-order valence-electron chi connectivity index (χ3n) is 6.76. The van der Waals surface area contributed by atoms with E-state index in [1.807, 2.05) is 34.6 Å². The number of carbonyl (C=O) groups excluding carboxylic acids is 4. The number of rotatable bonds is 16. The fraction of sp³-hybridized carbons (Fsp3) is 0.677. The second-order valence-electron chi connectivity index (χ2n) is 11.9. The molecule has 1 aromatic rings. The zero-order chi connectivity index (χ0) is 30.6. The van der Waals surface area contributed by atoms with Crippen molar-refractivity contribution in [3.63, 3.8) is 0 Å². The molecule has 0 spiro atoms. The summed E-state index contributed by atoms with van der Waals surface area (Å²) >= 11 is 0. The number of benzene rings is 1. The summed E-state index contributed by atoms with van der Waals surface area (Å²) in [4.78, 5) is 49.9. The van der Waals surface area contributed by atoms with Gasteiger partial charge < -0.3 is 24.7 Å². The molecule has 1 unspecified atom stereocenters. The van der Waals surface area contributed by atoms with Crippen molar-refractivity contribution in [2.24, 2.45) is 23.0 Å². The first-order valence-electron chi connectivity index (χ1n) is 14.3. The summed E-state index contributed by atoms with van der Waals surface area (Å²) in [5.74, 6) is -1.01. The number of hydrogen-bond acceptors (Lipinski definition) is 9. The van der Waals surface area contributed by atoms with Gasteiger partial charge in [-0.2, -0.15) is 0 Å². The van der Waals surface area contributed by atoms with Crippen molar-refractivity contribution in [3.8, 4) is 11.5 Å². The number of carbonyl (C=O) groups is 4. The zero-order valence-electron chi connectivity index (χ0n) is 25.7. The lowest BCUT2D eigenvalue weighted by Crippen LogP contribution is -2.40. The average Bonchev–Trinajstić information content (AvgIpc) is 2.87. The van der Waals surface area contributed by atoms with Gasteiger partial charge in [-0.15, -0.1) is 0 Å². The van der Waals surface area contributed by atoms with E-state index in [9.17, 15) is 19.2 Å². The summed E-state index contributed by atoms with van der Waals surface area (Å²) in [5, 5.41) is 0. The molecular formula is C31H49NO8. The molecule has 0 aliphatic carbocycles. The molecule has 9 heteroatoms. The van der Waals surface area contributed by atoms with Gasteiger partial charge in [0.05, 0.1) is 5.41 Å². The summed E-state index contributed by atoms with van der Waals surface area (Å²) in [5.41, 5.74) is 6.09. The highest BCUT2D eigenvalue weighted by Crippen LogP contribution is 2.30. The van der Waals surface area contributed by atoms with Crippen LogP contribution in [0.25, 0.3) is 0 Å². The summed E-state index contributed by atoms with van der Waals surface area (Å²) < 4.78 is 22.0. The summed E-state index contributed by atoms with van der Waals surface area (Å²) in [7, 11) is 0. The number of esters is 4. The fourth-order valence-corrected chi connectivity index (χ4v) is 3.28. The van der Waals surface area contributed by atoms with Crippen molar-refractivity contribution in [2.75, 3.05) is 0 Å². The molecule has 3 atom stereocenters. The molecule has 0 fully saturated rings. The molecule has 0 aliphatic heterocycles. The van der Waals surface area contributed by atoms with E-state index in [4.69, 9.17) is 24.7 Å². The van der Waals surface area contributed by atoms with Gasteiger partial charge >= 0.3 is 23.9 Å². The summed E-state index contributed by atoms with van der Waals surface area (Å²) in [6.07, 6.45) is 1.10. The molecule has 0 aromatic heterocycles. The van der Waals surface area contributed by atoms with E-state index in [0.29, 0.717) is 36.7 Å². The Morgan fingerprint density at radius 1 is 0.800 bits per heavy atom. The van der Waals surface area contributed by atoms with Crippen LogP contribution < -0.4 is 15.2 Å². The van der Waals surface area contributed by atoms with E-state index in [-0.39, 0.29) is 36.7 Å². The van der Waals surface area contributed by atoms with Crippen molar-refractivity contribution in [1.82, 2.24) is 0 Å². The minimum atomic E-state index is -1.03. The highest BCUT2D eigenvalue weighted by molar-refractivity contribution is 5.78. The molecule has 9 nitrogen and oxygen atoms in total. The second-order valence-corrected chi connectivity index (χ2v) is 11.9. The van der Waals surface area contributed by atoms with Crippen molar-refractivity contribution in [2.45, 2.75) is 119 Å². The topological polar surface area (TPSA) is 131 Å². The molecule has 0 saturated carbocycles. The van der Waals surface area contributed by atoms with Crippen molar-refractivity contribution in [1.29, 1.82) is 0 Å². The predicted octanol–water partition coefficient (Wildman–Crippen LogP) is 5.54. The molecule has 0 heterocycles. The molecule has 1 aromatic carbocycles. The smallest absolute Gasteiger partial charge is 0.323 e. The standard InChI is InChI=1S/C31H49NO8/c1-10-31(8,9)30(36)38-22(7)21(6)37-29(35)24(32)17-23-13-14-25(39-27(33)15-11-19(2)3)26(18-23)40-28(34)16-12-20(4)5/h13-14,18-22,24H,10-12,15-17,32H2,1-9H3/t21-,22?,24-/m0/s1. The van der Waals surface area contributed by atoms with Crippen LogP contribution in [-0.4, -0.2) is 42.1 Å². The Bertz CT molecular complexity index is 1000. The Labute approximate surface area is 239 Å². The van der Waals surface area contributed by atoms with Gasteiger partial charge in [-0.05, 0) is 82.9 Å². The average molecular weight is 564 g/mol. The zero-order valence-corrected chi connectivity index (χ0v) is 25.7. The van der Waals surface area contributed by atoms with Gasteiger partial charge in [-0.3, -0.25) is 19.2 Å². The Morgan fingerprint density at radius 2 is 1.30 bits per heavy atom. The number of ether oxygens (including phenoxy) is 4. The number of hydrogen-bond donors (Lipinski definition) is 1.